The number of aromatic amines is 1. The first-order chi connectivity index (χ1) is 14.4. The Labute approximate surface area is 171 Å². The van der Waals surface area contributed by atoms with Crippen LogP contribution in [0.2, 0.25) is 0 Å². The molecule has 2 fully saturated rings. The van der Waals surface area contributed by atoms with Crippen LogP contribution in [-0.4, -0.2) is 51.0 Å². The molecule has 0 unspecified atom stereocenters. The van der Waals surface area contributed by atoms with Crippen LogP contribution in [-0.2, 0) is 11.0 Å². The molecule has 1 aliphatic carbocycles. The molecule has 2 aliphatic rings. The Balaban J connectivity index is 1.39. The lowest BCUT2D eigenvalue weighted by Gasteiger charge is -2.33. The second-order valence-electron chi connectivity index (χ2n) is 7.88. The highest BCUT2D eigenvalue weighted by Gasteiger charge is 2.70. The van der Waals surface area contributed by atoms with Crippen LogP contribution in [0.3, 0.4) is 0 Å². The van der Waals surface area contributed by atoms with Crippen LogP contribution in [0, 0.1) is 5.41 Å². The Hall–Kier alpha value is -2.99. The summed E-state index contributed by atoms with van der Waals surface area (Å²) in [5, 5.41) is 9.94. The number of amides is 1. The monoisotopic (exact) mass is 447 g/mol. The zero-order valence-electron chi connectivity index (χ0n) is 16.2. The fourth-order valence-corrected chi connectivity index (χ4v) is 3.80. The van der Waals surface area contributed by atoms with E-state index in [9.17, 15) is 31.5 Å². The molecule has 13 heteroatoms. The van der Waals surface area contributed by atoms with Gasteiger partial charge in [-0.25, -0.2) is 8.78 Å². The van der Waals surface area contributed by atoms with Gasteiger partial charge in [-0.15, -0.1) is 5.10 Å². The van der Waals surface area contributed by atoms with Gasteiger partial charge in [-0.3, -0.25) is 9.59 Å². The molecule has 2 aromatic rings. The number of hydrogen-bond acceptors (Lipinski definition) is 6. The fraction of sp³-hybridized carbons (Fsp3) is 0.556. The van der Waals surface area contributed by atoms with Crippen molar-refractivity contribution >= 4 is 11.9 Å². The molecule has 1 saturated carbocycles. The second kappa shape index (κ2) is 7.02. The van der Waals surface area contributed by atoms with Crippen LogP contribution in [0.4, 0.5) is 28.0 Å². The van der Waals surface area contributed by atoms with E-state index in [4.69, 9.17) is 4.42 Å². The SMILES string of the molecule is C[C@@H](Nc1nnc(-c2ccc(C(F)(F)F)[nH]c2=O)o1)C(=O)N1CCC2(CC1)CC2(F)F. The number of pyridine rings is 1. The van der Waals surface area contributed by atoms with Crippen molar-refractivity contribution < 1.29 is 31.2 Å². The van der Waals surface area contributed by atoms with E-state index in [1.165, 1.54) is 11.8 Å². The predicted molar refractivity (Wildman–Crippen MR) is 96.3 cm³/mol. The van der Waals surface area contributed by atoms with Gasteiger partial charge in [0.2, 0.25) is 5.91 Å². The van der Waals surface area contributed by atoms with Crippen molar-refractivity contribution in [2.75, 3.05) is 18.4 Å². The highest BCUT2D eigenvalue weighted by Crippen LogP contribution is 2.65. The molecule has 1 atom stereocenters. The number of carbonyl (C=O) groups is 1. The van der Waals surface area contributed by atoms with Crippen LogP contribution in [0.5, 0.6) is 0 Å². The van der Waals surface area contributed by atoms with Crippen LogP contribution in [0.25, 0.3) is 11.5 Å². The molecule has 2 N–H and O–H groups in total. The number of alkyl halides is 5. The minimum Gasteiger partial charge on any atom is -0.403 e. The maximum atomic E-state index is 13.5. The number of likely N-dealkylation sites (tertiary alicyclic amines) is 1. The second-order valence-corrected chi connectivity index (χ2v) is 7.88. The molecular weight excluding hydrogens is 429 g/mol. The summed E-state index contributed by atoms with van der Waals surface area (Å²) >= 11 is 0. The molecule has 168 valence electrons. The van der Waals surface area contributed by atoms with Gasteiger partial charge >= 0.3 is 12.2 Å². The molecule has 2 aromatic heterocycles. The fourth-order valence-electron chi connectivity index (χ4n) is 3.80. The van der Waals surface area contributed by atoms with E-state index in [0.29, 0.717) is 6.07 Å². The third-order valence-corrected chi connectivity index (χ3v) is 5.82. The van der Waals surface area contributed by atoms with Gasteiger partial charge in [0.1, 0.15) is 17.3 Å². The van der Waals surface area contributed by atoms with E-state index in [1.54, 1.807) is 4.98 Å². The highest BCUT2D eigenvalue weighted by atomic mass is 19.4. The molecule has 8 nitrogen and oxygen atoms in total. The number of aromatic nitrogens is 3. The largest absolute Gasteiger partial charge is 0.431 e. The van der Waals surface area contributed by atoms with Crippen molar-refractivity contribution in [2.24, 2.45) is 5.41 Å². The minimum atomic E-state index is -4.71. The molecule has 4 rings (SSSR count). The Kier molecular flexibility index (Phi) is 4.81. The number of nitrogens with one attached hydrogen (secondary N) is 2. The van der Waals surface area contributed by atoms with Crippen molar-refractivity contribution in [1.29, 1.82) is 0 Å². The van der Waals surface area contributed by atoms with Crippen molar-refractivity contribution in [2.45, 2.75) is 44.3 Å². The van der Waals surface area contributed by atoms with E-state index in [2.05, 4.69) is 15.5 Å². The summed E-state index contributed by atoms with van der Waals surface area (Å²) in [5.74, 6) is -3.32. The quantitative estimate of drug-likeness (QED) is 0.699. The molecule has 1 saturated heterocycles. The van der Waals surface area contributed by atoms with Crippen molar-refractivity contribution in [1.82, 2.24) is 20.1 Å². The smallest absolute Gasteiger partial charge is 0.403 e. The van der Waals surface area contributed by atoms with Crippen LogP contribution in [0.1, 0.15) is 31.9 Å². The number of rotatable bonds is 4. The standard InChI is InChI=1S/C18H18F5N5O3/c1-9(14(30)28-6-4-16(5-7-28)8-17(16,19)20)24-15-27-26-13(31-15)10-2-3-11(18(21,22)23)25-12(10)29/h2-3,9H,4-8H2,1H3,(H,24,27)(H,25,29)/t9-/m1/s1. The highest BCUT2D eigenvalue weighted by molar-refractivity contribution is 5.83. The summed E-state index contributed by atoms with van der Waals surface area (Å²) in [4.78, 5) is 27.7. The first kappa shape index (κ1) is 21.2. The van der Waals surface area contributed by atoms with Crippen molar-refractivity contribution in [3.63, 3.8) is 0 Å². The summed E-state index contributed by atoms with van der Waals surface area (Å²) < 4.78 is 70.2. The van der Waals surface area contributed by atoms with E-state index in [0.717, 1.165) is 6.07 Å². The zero-order chi connectivity index (χ0) is 22.6. The van der Waals surface area contributed by atoms with Crippen molar-refractivity contribution in [3.05, 3.63) is 28.2 Å². The summed E-state index contributed by atoms with van der Waals surface area (Å²) in [6, 6.07) is 0.544. The molecule has 0 radical (unpaired) electrons. The minimum absolute atomic E-state index is 0.135. The summed E-state index contributed by atoms with van der Waals surface area (Å²) in [5.41, 5.74) is -3.52. The van der Waals surface area contributed by atoms with Crippen LogP contribution in [0.15, 0.2) is 21.3 Å². The Morgan fingerprint density at radius 2 is 1.90 bits per heavy atom. The lowest BCUT2D eigenvalue weighted by molar-refractivity contribution is -0.141. The normalized spacial score (nSPS) is 20.5. The molecule has 1 amide bonds. The third-order valence-electron chi connectivity index (χ3n) is 5.82. The number of carbonyl (C=O) groups excluding carboxylic acids is 1. The number of piperidine rings is 1. The Morgan fingerprint density at radius 3 is 2.45 bits per heavy atom. The predicted octanol–water partition coefficient (Wildman–Crippen LogP) is 2.89. The number of hydrogen-bond donors (Lipinski definition) is 2. The maximum Gasteiger partial charge on any atom is 0.431 e. The number of halogens is 5. The van der Waals surface area contributed by atoms with Crippen LogP contribution >= 0.6 is 0 Å². The summed E-state index contributed by atoms with van der Waals surface area (Å²) in [7, 11) is 0. The first-order valence-electron chi connectivity index (χ1n) is 9.49. The van der Waals surface area contributed by atoms with E-state index in [1.807, 2.05) is 0 Å². The van der Waals surface area contributed by atoms with Gasteiger partial charge in [0, 0.05) is 24.9 Å². The third kappa shape index (κ3) is 3.88. The van der Waals surface area contributed by atoms with E-state index >= 15 is 0 Å². The topological polar surface area (TPSA) is 104 Å². The van der Waals surface area contributed by atoms with Crippen molar-refractivity contribution in [3.8, 4) is 11.5 Å². The van der Waals surface area contributed by atoms with Gasteiger partial charge in [0.05, 0.1) is 0 Å². The number of anilines is 1. The Bertz CT molecular complexity index is 1060. The Morgan fingerprint density at radius 1 is 1.26 bits per heavy atom. The van der Waals surface area contributed by atoms with Gasteiger partial charge in [0.25, 0.3) is 17.4 Å². The molecule has 1 spiro atoms. The molecule has 31 heavy (non-hydrogen) atoms. The summed E-state index contributed by atoms with van der Waals surface area (Å²) in [6.45, 7) is 1.96. The van der Waals surface area contributed by atoms with Gasteiger partial charge in [-0.05, 0) is 31.9 Å². The van der Waals surface area contributed by atoms with E-state index < -0.39 is 34.8 Å². The summed E-state index contributed by atoms with van der Waals surface area (Å²) in [6.07, 6.45) is -4.37. The van der Waals surface area contributed by atoms with Gasteiger partial charge in [0.15, 0.2) is 0 Å². The molecule has 0 aromatic carbocycles. The number of H-pyrrole nitrogens is 1. The maximum absolute atomic E-state index is 13.5. The zero-order valence-corrected chi connectivity index (χ0v) is 16.2. The average Bonchev–Trinajstić information content (AvgIpc) is 3.01. The van der Waals surface area contributed by atoms with E-state index in [-0.39, 0.29) is 55.7 Å². The number of nitrogens with zero attached hydrogens (tertiary/aromatic N) is 3. The molecule has 3 heterocycles. The van der Waals surface area contributed by atoms with Gasteiger partial charge in [-0.1, -0.05) is 5.10 Å². The lowest BCUT2D eigenvalue weighted by atomic mass is 9.92. The lowest BCUT2D eigenvalue weighted by Crippen LogP contribution is -2.46. The average molecular weight is 447 g/mol. The molecule has 1 aliphatic heterocycles. The molecule has 0 bridgehead atoms. The molecular formula is C18H18F5N5O3. The van der Waals surface area contributed by atoms with Gasteiger partial charge in [-0.2, -0.15) is 13.2 Å². The van der Waals surface area contributed by atoms with Crippen LogP contribution < -0.4 is 10.9 Å². The van der Waals surface area contributed by atoms with Gasteiger partial charge < -0.3 is 19.6 Å². The first-order valence-corrected chi connectivity index (χ1v) is 9.49.